The van der Waals surface area contributed by atoms with E-state index in [1.54, 1.807) is 11.3 Å². The fraction of sp³-hybridized carbons (Fsp3) is 0.353. The Labute approximate surface area is 135 Å². The van der Waals surface area contributed by atoms with Crippen LogP contribution in [-0.2, 0) is 11.2 Å². The molecule has 0 spiro atoms. The molecule has 2 aromatic rings. The Hall–Kier alpha value is -1.32. The Morgan fingerprint density at radius 2 is 2.00 bits per heavy atom. The first-order valence-corrected chi connectivity index (χ1v) is 8.32. The van der Waals surface area contributed by atoms with E-state index in [4.69, 9.17) is 11.6 Å². The van der Waals surface area contributed by atoms with Crippen molar-refractivity contribution >= 4 is 34.5 Å². The molecule has 0 radical (unpaired) electrons. The second kappa shape index (κ2) is 7.10. The quantitative estimate of drug-likeness (QED) is 0.758. The Balaban J connectivity index is 2.09. The zero-order chi connectivity index (χ0) is 15.4. The maximum atomic E-state index is 12.5. The van der Waals surface area contributed by atoms with Crippen LogP contribution in [0.4, 0.5) is 5.69 Å². The van der Waals surface area contributed by atoms with Crippen LogP contribution in [0.2, 0.25) is 4.34 Å². The summed E-state index contributed by atoms with van der Waals surface area (Å²) < 4.78 is 0.777. The number of aryl methyl sites for hydroxylation is 3. The number of anilines is 1. The summed E-state index contributed by atoms with van der Waals surface area (Å²) in [4.78, 5) is 15.5. The number of hydrogen-bond acceptors (Lipinski definition) is 2. The molecule has 1 amide bonds. The molecular weight excluding hydrogens is 302 g/mol. The second-order valence-corrected chi connectivity index (χ2v) is 6.93. The van der Waals surface area contributed by atoms with Gasteiger partial charge in [0.15, 0.2) is 0 Å². The minimum atomic E-state index is 0.163. The third-order valence-electron chi connectivity index (χ3n) is 3.49. The lowest BCUT2D eigenvalue weighted by Gasteiger charge is -2.23. The van der Waals surface area contributed by atoms with E-state index in [1.807, 2.05) is 30.9 Å². The maximum absolute atomic E-state index is 12.5. The molecule has 21 heavy (non-hydrogen) atoms. The lowest BCUT2D eigenvalue weighted by atomic mass is 10.1. The number of carbonyl (C=O) groups is 1. The molecule has 2 rings (SSSR count). The minimum Gasteiger partial charge on any atom is -0.312 e. The van der Waals surface area contributed by atoms with Gasteiger partial charge in [0.05, 0.1) is 4.34 Å². The average Bonchev–Trinajstić information content (AvgIpc) is 2.87. The van der Waals surface area contributed by atoms with Crippen LogP contribution in [0.3, 0.4) is 0 Å². The van der Waals surface area contributed by atoms with Crippen LogP contribution in [0.25, 0.3) is 0 Å². The number of benzene rings is 1. The first kappa shape index (κ1) is 16.1. The summed E-state index contributed by atoms with van der Waals surface area (Å²) in [5, 5.41) is 0. The van der Waals surface area contributed by atoms with Gasteiger partial charge < -0.3 is 4.90 Å². The van der Waals surface area contributed by atoms with Crippen LogP contribution in [0.15, 0.2) is 30.3 Å². The molecule has 112 valence electrons. The number of rotatable bonds is 5. The van der Waals surface area contributed by atoms with Crippen molar-refractivity contribution in [3.05, 3.63) is 50.7 Å². The van der Waals surface area contributed by atoms with Gasteiger partial charge in [0.2, 0.25) is 5.91 Å². The summed E-state index contributed by atoms with van der Waals surface area (Å²) >= 11 is 7.47. The predicted molar refractivity (Wildman–Crippen MR) is 91.6 cm³/mol. The van der Waals surface area contributed by atoms with E-state index < -0.39 is 0 Å². The van der Waals surface area contributed by atoms with E-state index >= 15 is 0 Å². The lowest BCUT2D eigenvalue weighted by molar-refractivity contribution is -0.118. The van der Waals surface area contributed by atoms with E-state index in [9.17, 15) is 4.79 Å². The first-order valence-electron chi connectivity index (χ1n) is 7.13. The van der Waals surface area contributed by atoms with Crippen molar-refractivity contribution in [1.82, 2.24) is 0 Å². The van der Waals surface area contributed by atoms with Crippen LogP contribution in [-0.4, -0.2) is 12.5 Å². The van der Waals surface area contributed by atoms with Crippen LogP contribution < -0.4 is 4.90 Å². The van der Waals surface area contributed by atoms with Gasteiger partial charge in [-0.2, -0.15) is 0 Å². The third kappa shape index (κ3) is 4.08. The summed E-state index contributed by atoms with van der Waals surface area (Å²) in [5.74, 6) is 0.163. The highest BCUT2D eigenvalue weighted by Crippen LogP contribution is 2.25. The van der Waals surface area contributed by atoms with Crippen molar-refractivity contribution < 1.29 is 4.79 Å². The highest BCUT2D eigenvalue weighted by Gasteiger charge is 2.16. The summed E-state index contributed by atoms with van der Waals surface area (Å²) in [6.45, 7) is 6.80. The van der Waals surface area contributed by atoms with E-state index in [0.29, 0.717) is 13.0 Å². The number of halogens is 1. The van der Waals surface area contributed by atoms with Gasteiger partial charge in [-0.3, -0.25) is 4.79 Å². The topological polar surface area (TPSA) is 20.3 Å². The summed E-state index contributed by atoms with van der Waals surface area (Å²) in [5.41, 5.74) is 3.33. The van der Waals surface area contributed by atoms with Crippen LogP contribution in [0, 0.1) is 13.8 Å². The van der Waals surface area contributed by atoms with Gasteiger partial charge in [0, 0.05) is 23.5 Å². The van der Waals surface area contributed by atoms with Crippen LogP contribution in [0.1, 0.15) is 29.3 Å². The van der Waals surface area contributed by atoms with Crippen LogP contribution in [0.5, 0.6) is 0 Å². The van der Waals surface area contributed by atoms with Gasteiger partial charge >= 0.3 is 0 Å². The number of nitrogens with zero attached hydrogens (tertiary/aromatic N) is 1. The number of amides is 1. The van der Waals surface area contributed by atoms with E-state index in [-0.39, 0.29) is 5.91 Å². The number of hydrogen-bond donors (Lipinski definition) is 0. The Kier molecular flexibility index (Phi) is 5.43. The SMILES string of the molecule is CCN(C(=O)CCc1ccc(Cl)s1)c1cc(C)ccc1C. The highest BCUT2D eigenvalue weighted by atomic mass is 35.5. The van der Waals surface area contributed by atoms with Gasteiger partial charge in [0.1, 0.15) is 0 Å². The van der Waals surface area contributed by atoms with E-state index in [2.05, 4.69) is 25.1 Å². The van der Waals surface area contributed by atoms with Crippen molar-refractivity contribution in [3.8, 4) is 0 Å². The summed E-state index contributed by atoms with van der Waals surface area (Å²) in [6, 6.07) is 10.1. The van der Waals surface area contributed by atoms with E-state index in [0.717, 1.165) is 26.9 Å². The van der Waals surface area contributed by atoms with Gasteiger partial charge in [-0.25, -0.2) is 0 Å². The molecule has 1 aromatic carbocycles. The molecule has 0 atom stereocenters. The maximum Gasteiger partial charge on any atom is 0.227 e. The highest BCUT2D eigenvalue weighted by molar-refractivity contribution is 7.16. The smallest absolute Gasteiger partial charge is 0.227 e. The normalized spacial score (nSPS) is 10.7. The average molecular weight is 322 g/mol. The standard InChI is InChI=1S/C17H20ClNOS/c1-4-19(15-11-12(2)5-6-13(15)3)17(20)10-8-14-7-9-16(18)21-14/h5-7,9,11H,4,8,10H2,1-3H3. The Morgan fingerprint density at radius 3 is 2.62 bits per heavy atom. The summed E-state index contributed by atoms with van der Waals surface area (Å²) in [7, 11) is 0. The van der Waals surface area contributed by atoms with Crippen LogP contribution >= 0.6 is 22.9 Å². The molecule has 1 heterocycles. The summed E-state index contributed by atoms with van der Waals surface area (Å²) in [6.07, 6.45) is 1.26. The molecule has 0 bridgehead atoms. The Morgan fingerprint density at radius 1 is 1.24 bits per heavy atom. The van der Waals surface area contributed by atoms with Crippen molar-refractivity contribution in [3.63, 3.8) is 0 Å². The molecule has 0 N–H and O–H groups in total. The molecule has 1 aromatic heterocycles. The fourth-order valence-corrected chi connectivity index (χ4v) is 3.43. The zero-order valence-corrected chi connectivity index (χ0v) is 14.2. The molecule has 0 aliphatic rings. The second-order valence-electron chi connectivity index (χ2n) is 5.13. The molecular formula is C17H20ClNOS. The Bertz CT molecular complexity index is 635. The monoisotopic (exact) mass is 321 g/mol. The van der Waals surface area contributed by atoms with Crippen molar-refractivity contribution in [2.45, 2.75) is 33.6 Å². The van der Waals surface area contributed by atoms with Crippen molar-refractivity contribution in [2.75, 3.05) is 11.4 Å². The van der Waals surface area contributed by atoms with Crippen molar-refractivity contribution in [2.24, 2.45) is 0 Å². The number of thiophene rings is 1. The number of carbonyl (C=O) groups excluding carboxylic acids is 1. The minimum absolute atomic E-state index is 0.163. The van der Waals surface area contributed by atoms with Gasteiger partial charge in [0.25, 0.3) is 0 Å². The van der Waals surface area contributed by atoms with Gasteiger partial charge in [-0.1, -0.05) is 23.7 Å². The predicted octanol–water partition coefficient (Wildman–Crippen LogP) is 5.00. The molecule has 0 saturated carbocycles. The van der Waals surface area contributed by atoms with Gasteiger partial charge in [-0.15, -0.1) is 11.3 Å². The van der Waals surface area contributed by atoms with E-state index in [1.165, 1.54) is 5.56 Å². The fourth-order valence-electron chi connectivity index (χ4n) is 2.34. The van der Waals surface area contributed by atoms with Gasteiger partial charge in [-0.05, 0) is 56.5 Å². The lowest BCUT2D eigenvalue weighted by Crippen LogP contribution is -2.31. The molecule has 0 saturated heterocycles. The van der Waals surface area contributed by atoms with Crippen molar-refractivity contribution in [1.29, 1.82) is 0 Å². The largest absolute Gasteiger partial charge is 0.312 e. The molecule has 4 heteroatoms. The first-order chi connectivity index (χ1) is 10.0. The molecule has 0 unspecified atom stereocenters. The molecule has 0 fully saturated rings. The molecule has 0 aliphatic heterocycles. The zero-order valence-electron chi connectivity index (χ0n) is 12.6. The third-order valence-corrected chi connectivity index (χ3v) is 4.78. The molecule has 2 nitrogen and oxygen atoms in total. The molecule has 0 aliphatic carbocycles.